The van der Waals surface area contributed by atoms with Gasteiger partial charge in [0, 0.05) is 22.0 Å². The van der Waals surface area contributed by atoms with Crippen LogP contribution in [0.4, 0.5) is 5.82 Å². The van der Waals surface area contributed by atoms with Crippen molar-refractivity contribution in [3.63, 3.8) is 0 Å². The van der Waals surface area contributed by atoms with Crippen molar-refractivity contribution in [2.24, 2.45) is 0 Å². The second-order valence-electron chi connectivity index (χ2n) is 6.35. The topological polar surface area (TPSA) is 51.8 Å². The zero-order valence-electron chi connectivity index (χ0n) is 14.0. The van der Waals surface area contributed by atoms with Crippen molar-refractivity contribution in [2.75, 3.05) is 5.73 Å². The van der Waals surface area contributed by atoms with Crippen molar-refractivity contribution in [1.82, 2.24) is 9.97 Å². The summed E-state index contributed by atoms with van der Waals surface area (Å²) >= 11 is 6.26. The minimum absolute atomic E-state index is 0.478. The molecule has 0 amide bonds. The van der Waals surface area contributed by atoms with Gasteiger partial charge < -0.3 is 5.73 Å². The average Bonchev–Trinajstić information content (AvgIpc) is 2.61. The SMILES string of the molecule is Cc1ccc2c(c1)nc(N)c1ncc(CCc3ccccc3Cl)cc12. The fraction of sp³-hybridized carbons (Fsp3) is 0.143. The molecule has 0 spiro atoms. The maximum Gasteiger partial charge on any atom is 0.150 e. The Morgan fingerprint density at radius 2 is 1.84 bits per heavy atom. The van der Waals surface area contributed by atoms with Crippen LogP contribution in [0.25, 0.3) is 21.8 Å². The van der Waals surface area contributed by atoms with Crippen LogP contribution in [0.3, 0.4) is 0 Å². The molecule has 3 nitrogen and oxygen atoms in total. The van der Waals surface area contributed by atoms with Crippen LogP contribution in [0, 0.1) is 6.92 Å². The van der Waals surface area contributed by atoms with Crippen LogP contribution in [0.15, 0.2) is 54.7 Å². The molecule has 0 aliphatic heterocycles. The molecular formula is C21H18ClN3. The predicted octanol–water partition coefficient (Wildman–Crippen LogP) is 5.11. The molecule has 2 aromatic carbocycles. The van der Waals surface area contributed by atoms with Gasteiger partial charge >= 0.3 is 0 Å². The number of nitrogens with two attached hydrogens (primary N) is 1. The lowest BCUT2D eigenvalue weighted by Crippen LogP contribution is -1.98. The number of anilines is 1. The Labute approximate surface area is 151 Å². The molecule has 0 aliphatic carbocycles. The molecule has 0 aliphatic rings. The number of rotatable bonds is 3. The van der Waals surface area contributed by atoms with Gasteiger partial charge in [0.1, 0.15) is 5.52 Å². The lowest BCUT2D eigenvalue weighted by molar-refractivity contribution is 0.955. The Morgan fingerprint density at radius 1 is 1.00 bits per heavy atom. The first-order valence-electron chi connectivity index (χ1n) is 8.30. The van der Waals surface area contributed by atoms with Crippen LogP contribution >= 0.6 is 11.6 Å². The number of hydrogen-bond acceptors (Lipinski definition) is 3. The zero-order chi connectivity index (χ0) is 17.4. The van der Waals surface area contributed by atoms with Gasteiger partial charge in [-0.3, -0.25) is 4.98 Å². The van der Waals surface area contributed by atoms with Gasteiger partial charge in [0.05, 0.1) is 5.52 Å². The summed E-state index contributed by atoms with van der Waals surface area (Å²) in [6.07, 6.45) is 3.64. The summed E-state index contributed by atoms with van der Waals surface area (Å²) in [4.78, 5) is 9.06. The molecular weight excluding hydrogens is 330 g/mol. The number of hydrogen-bond donors (Lipinski definition) is 1. The third-order valence-corrected chi connectivity index (χ3v) is 4.88. The Balaban J connectivity index is 1.76. The summed E-state index contributed by atoms with van der Waals surface area (Å²) < 4.78 is 0. The summed E-state index contributed by atoms with van der Waals surface area (Å²) in [6, 6.07) is 16.4. The lowest BCUT2D eigenvalue weighted by Gasteiger charge is -2.09. The molecule has 25 heavy (non-hydrogen) atoms. The minimum Gasteiger partial charge on any atom is -0.382 e. The standard InChI is InChI=1S/C21H18ClN3/c1-13-6-9-16-17-11-14(7-8-15-4-2-3-5-18(15)22)12-24-20(17)21(23)25-19(16)10-13/h2-6,9-12H,7-8H2,1H3,(H2,23,25). The fourth-order valence-corrected chi connectivity index (χ4v) is 3.41. The Bertz CT molecular complexity index is 1090. The van der Waals surface area contributed by atoms with E-state index < -0.39 is 0 Å². The van der Waals surface area contributed by atoms with Crippen molar-refractivity contribution in [2.45, 2.75) is 19.8 Å². The van der Waals surface area contributed by atoms with Gasteiger partial charge in [0.25, 0.3) is 0 Å². The van der Waals surface area contributed by atoms with Crippen LogP contribution in [-0.2, 0) is 12.8 Å². The van der Waals surface area contributed by atoms with Crippen molar-refractivity contribution in [3.8, 4) is 0 Å². The maximum atomic E-state index is 6.26. The van der Waals surface area contributed by atoms with E-state index in [-0.39, 0.29) is 0 Å². The predicted molar refractivity (Wildman–Crippen MR) is 105 cm³/mol. The Hall–Kier alpha value is -2.65. The first-order chi connectivity index (χ1) is 12.1. The van der Waals surface area contributed by atoms with Gasteiger partial charge in [0.15, 0.2) is 5.82 Å². The van der Waals surface area contributed by atoms with E-state index in [1.54, 1.807) is 0 Å². The number of fused-ring (bicyclic) bond motifs is 3. The molecule has 2 aromatic heterocycles. The number of nitrogens with zero attached hydrogens (tertiary/aromatic N) is 2. The number of nitrogen functional groups attached to an aromatic ring is 1. The lowest BCUT2D eigenvalue weighted by atomic mass is 10.0. The quantitative estimate of drug-likeness (QED) is 0.524. The smallest absolute Gasteiger partial charge is 0.150 e. The first-order valence-corrected chi connectivity index (χ1v) is 8.67. The monoisotopic (exact) mass is 347 g/mol. The molecule has 0 atom stereocenters. The molecule has 0 saturated carbocycles. The van der Waals surface area contributed by atoms with E-state index in [9.17, 15) is 0 Å². The molecule has 124 valence electrons. The number of halogens is 1. The van der Waals surface area contributed by atoms with E-state index >= 15 is 0 Å². The van der Waals surface area contributed by atoms with Gasteiger partial charge in [-0.1, -0.05) is 41.9 Å². The fourth-order valence-electron chi connectivity index (χ4n) is 3.18. The van der Waals surface area contributed by atoms with E-state index in [0.29, 0.717) is 5.82 Å². The molecule has 4 heteroatoms. The van der Waals surface area contributed by atoms with E-state index in [1.807, 2.05) is 24.4 Å². The van der Waals surface area contributed by atoms with Gasteiger partial charge in [-0.25, -0.2) is 4.98 Å². The number of benzene rings is 2. The molecule has 0 saturated heterocycles. The van der Waals surface area contributed by atoms with Crippen molar-refractivity contribution in [1.29, 1.82) is 0 Å². The summed E-state index contributed by atoms with van der Waals surface area (Å²) in [5.41, 5.74) is 11.3. The molecule has 2 heterocycles. The third kappa shape index (κ3) is 3.03. The highest BCUT2D eigenvalue weighted by Gasteiger charge is 2.09. The van der Waals surface area contributed by atoms with Crippen molar-refractivity contribution >= 4 is 39.2 Å². The molecule has 4 aromatic rings. The maximum absolute atomic E-state index is 6.26. The van der Waals surface area contributed by atoms with E-state index in [1.165, 1.54) is 11.1 Å². The minimum atomic E-state index is 0.478. The summed E-state index contributed by atoms with van der Waals surface area (Å²) in [5, 5.41) is 2.95. The van der Waals surface area contributed by atoms with Crippen LogP contribution in [-0.4, -0.2) is 9.97 Å². The number of aromatic nitrogens is 2. The average molecular weight is 348 g/mol. The van der Waals surface area contributed by atoms with Crippen LogP contribution in [0.5, 0.6) is 0 Å². The highest BCUT2D eigenvalue weighted by atomic mass is 35.5. The number of aryl methyl sites for hydroxylation is 3. The molecule has 4 rings (SSSR count). The van der Waals surface area contributed by atoms with E-state index in [4.69, 9.17) is 17.3 Å². The summed E-state index contributed by atoms with van der Waals surface area (Å²) in [5.74, 6) is 0.478. The summed E-state index contributed by atoms with van der Waals surface area (Å²) in [6.45, 7) is 2.06. The number of pyridine rings is 2. The second-order valence-corrected chi connectivity index (χ2v) is 6.76. The Morgan fingerprint density at radius 3 is 2.68 bits per heavy atom. The molecule has 0 fully saturated rings. The third-order valence-electron chi connectivity index (χ3n) is 4.51. The summed E-state index contributed by atoms with van der Waals surface area (Å²) in [7, 11) is 0. The van der Waals surface area contributed by atoms with E-state index in [0.717, 1.165) is 45.2 Å². The van der Waals surface area contributed by atoms with Gasteiger partial charge in [0.2, 0.25) is 0 Å². The molecule has 0 radical (unpaired) electrons. The highest BCUT2D eigenvalue weighted by Crippen LogP contribution is 2.28. The largest absolute Gasteiger partial charge is 0.382 e. The second kappa shape index (κ2) is 6.34. The van der Waals surface area contributed by atoms with Crippen LogP contribution in [0.2, 0.25) is 5.02 Å². The molecule has 2 N–H and O–H groups in total. The van der Waals surface area contributed by atoms with Crippen molar-refractivity contribution in [3.05, 3.63) is 76.4 Å². The van der Waals surface area contributed by atoms with Crippen LogP contribution in [0.1, 0.15) is 16.7 Å². The van der Waals surface area contributed by atoms with Crippen molar-refractivity contribution < 1.29 is 0 Å². The van der Waals surface area contributed by atoms with Crippen LogP contribution < -0.4 is 5.73 Å². The van der Waals surface area contributed by atoms with Gasteiger partial charge in [-0.2, -0.15) is 0 Å². The van der Waals surface area contributed by atoms with Gasteiger partial charge in [-0.05, 0) is 54.7 Å². The normalized spacial score (nSPS) is 11.3. The van der Waals surface area contributed by atoms with Gasteiger partial charge in [-0.15, -0.1) is 0 Å². The first kappa shape index (κ1) is 15.9. The van der Waals surface area contributed by atoms with E-state index in [2.05, 4.69) is 47.2 Å². The Kier molecular flexibility index (Phi) is 4.02. The molecule has 0 bridgehead atoms. The highest BCUT2D eigenvalue weighted by molar-refractivity contribution is 6.31. The zero-order valence-corrected chi connectivity index (χ0v) is 14.7. The molecule has 0 unspecified atom stereocenters.